The van der Waals surface area contributed by atoms with Crippen LogP contribution in [-0.4, -0.2) is 0 Å². The van der Waals surface area contributed by atoms with Crippen molar-refractivity contribution in [3.8, 4) is 0 Å². The van der Waals surface area contributed by atoms with Gasteiger partial charge < -0.3 is 24.8 Å². The Bertz CT molecular complexity index is 808. The number of allylic oxidation sites excluding steroid dienone is 4. The third-order valence-corrected chi connectivity index (χ3v) is 18.8. The number of halogens is 2. The Morgan fingerprint density at radius 3 is 1.48 bits per heavy atom. The van der Waals surface area contributed by atoms with Gasteiger partial charge in [-0.05, 0) is 0 Å². The standard InChI is InChI=1S/2C10H9.C2H4.2ClH.Zr/c2*1-8-6-7-9-4-2-3-5-10(8)9;1-2;;;/h2*2-7H,1H3;1-2H2;2*1H;/q;;;;;+2/p-2. The van der Waals surface area contributed by atoms with Crippen LogP contribution in [0, 0.1) is 0 Å². The van der Waals surface area contributed by atoms with Crippen LogP contribution in [0.5, 0.6) is 0 Å². The van der Waals surface area contributed by atoms with Gasteiger partial charge in [-0.15, -0.1) is 0 Å². The van der Waals surface area contributed by atoms with Gasteiger partial charge in [0.15, 0.2) is 0 Å². The molecule has 0 radical (unpaired) electrons. The zero-order chi connectivity index (χ0) is 15.6. The van der Waals surface area contributed by atoms with Crippen LogP contribution in [0.1, 0.15) is 43.4 Å². The van der Waals surface area contributed by atoms with Crippen molar-refractivity contribution in [2.75, 3.05) is 0 Å². The van der Waals surface area contributed by atoms with Gasteiger partial charge >= 0.3 is 144 Å². The number of fused-ring (bicyclic) bond motifs is 2. The molecule has 25 heavy (non-hydrogen) atoms. The molecule has 128 valence electrons. The van der Waals surface area contributed by atoms with E-state index in [4.69, 9.17) is 0 Å². The molecule has 0 bridgehead atoms. The maximum absolute atomic E-state index is 2.64. The molecule has 1 heterocycles. The van der Waals surface area contributed by atoms with Crippen LogP contribution in [0.4, 0.5) is 0 Å². The number of rotatable bonds is 2. The molecule has 1 saturated heterocycles. The van der Waals surface area contributed by atoms with Gasteiger partial charge in [0.1, 0.15) is 0 Å². The monoisotopic (exact) mass is 446 g/mol. The van der Waals surface area contributed by atoms with Crippen molar-refractivity contribution in [1.29, 1.82) is 0 Å². The normalized spacial score (nSPS) is 23.0. The molecule has 0 N–H and O–H groups in total. The smallest absolute Gasteiger partial charge is 1.00 e. The Labute approximate surface area is 167 Å². The zero-order valence-corrected chi connectivity index (χ0v) is 18.6. The third kappa shape index (κ3) is 2.75. The van der Waals surface area contributed by atoms with E-state index in [2.05, 4.69) is 74.5 Å². The summed E-state index contributed by atoms with van der Waals surface area (Å²) in [5.74, 6) is 0. The van der Waals surface area contributed by atoms with Gasteiger partial charge in [0.05, 0.1) is 0 Å². The Hall–Kier alpha value is -0.617. The topological polar surface area (TPSA) is 0 Å². The van der Waals surface area contributed by atoms with Crippen LogP contribution < -0.4 is 24.8 Å². The number of hydrogen-bond donors (Lipinski definition) is 0. The first-order valence-corrected chi connectivity index (χ1v) is 15.1. The summed E-state index contributed by atoms with van der Waals surface area (Å²) >= 11 is -2.21. The second-order valence-corrected chi connectivity index (χ2v) is 19.1. The molecule has 0 aromatic heterocycles. The zero-order valence-electron chi connectivity index (χ0n) is 14.6. The summed E-state index contributed by atoms with van der Waals surface area (Å²) in [6, 6.07) is 18.3. The SMILES string of the molecule is CC1=C[CH]([Zr+2]2([CH]3C=C(C)c4ccccc43)[CH2][CH2]2)c2ccccc21.[Cl-].[Cl-]. The first-order chi connectivity index (χ1) is 11.2. The van der Waals surface area contributed by atoms with Gasteiger partial charge in [-0.25, -0.2) is 0 Å². The Balaban J connectivity index is 0.000000911. The second-order valence-electron chi connectivity index (χ2n) is 7.56. The number of hydrogen-bond acceptors (Lipinski definition) is 0. The molecule has 2 aliphatic carbocycles. The maximum Gasteiger partial charge on any atom is -1.00 e. The summed E-state index contributed by atoms with van der Waals surface area (Å²) < 4.78 is 4.70. The quantitative estimate of drug-likeness (QED) is 0.621. The van der Waals surface area contributed by atoms with E-state index in [9.17, 15) is 0 Å². The number of benzene rings is 2. The van der Waals surface area contributed by atoms with E-state index >= 15 is 0 Å². The van der Waals surface area contributed by atoms with Crippen molar-refractivity contribution in [2.45, 2.75) is 29.4 Å². The first kappa shape index (κ1) is 19.2. The molecule has 2 aromatic rings. The molecule has 1 fully saturated rings. The first-order valence-electron chi connectivity index (χ1n) is 8.76. The van der Waals surface area contributed by atoms with Gasteiger partial charge in [0.2, 0.25) is 0 Å². The van der Waals surface area contributed by atoms with Crippen LogP contribution in [0.2, 0.25) is 8.26 Å². The van der Waals surface area contributed by atoms with Gasteiger partial charge in [0.25, 0.3) is 0 Å². The molecule has 1 aliphatic heterocycles. The van der Waals surface area contributed by atoms with E-state index in [1.807, 2.05) is 0 Å². The maximum atomic E-state index is 2.64. The Kier molecular flexibility index (Phi) is 5.24. The fourth-order valence-corrected chi connectivity index (χ4v) is 21.1. The molecular weight excluding hydrogens is 426 g/mol. The van der Waals surface area contributed by atoms with Crippen molar-refractivity contribution in [2.24, 2.45) is 0 Å². The van der Waals surface area contributed by atoms with Crippen molar-refractivity contribution < 1.29 is 45.1 Å². The van der Waals surface area contributed by atoms with E-state index in [1.54, 1.807) is 19.4 Å². The van der Waals surface area contributed by atoms with Crippen molar-refractivity contribution >= 4 is 11.1 Å². The molecule has 2 unspecified atom stereocenters. The van der Waals surface area contributed by atoms with Crippen molar-refractivity contribution in [1.82, 2.24) is 0 Å². The Morgan fingerprint density at radius 1 is 0.680 bits per heavy atom. The van der Waals surface area contributed by atoms with Crippen LogP contribution in [0.15, 0.2) is 60.7 Å². The molecule has 0 saturated carbocycles. The van der Waals surface area contributed by atoms with E-state index < -0.39 is 20.3 Å². The minimum Gasteiger partial charge on any atom is -1.00 e. The van der Waals surface area contributed by atoms with Gasteiger partial charge in [0, 0.05) is 0 Å². The third-order valence-electron chi connectivity index (χ3n) is 6.34. The second kappa shape index (κ2) is 6.84. The van der Waals surface area contributed by atoms with E-state index in [1.165, 1.54) is 22.3 Å². The molecule has 5 rings (SSSR count). The van der Waals surface area contributed by atoms with Crippen LogP contribution in [0.25, 0.3) is 11.1 Å². The van der Waals surface area contributed by atoms with E-state index in [-0.39, 0.29) is 24.8 Å². The Morgan fingerprint density at radius 2 is 1.08 bits per heavy atom. The van der Waals surface area contributed by atoms with Gasteiger partial charge in [-0.2, -0.15) is 0 Å². The predicted molar refractivity (Wildman–Crippen MR) is 95.3 cm³/mol. The molecule has 2 aromatic carbocycles. The predicted octanol–water partition coefficient (Wildman–Crippen LogP) is 0.315. The summed E-state index contributed by atoms with van der Waals surface area (Å²) in [6.45, 7) is 4.62. The fraction of sp³-hybridized carbons (Fsp3) is 0.273. The van der Waals surface area contributed by atoms with E-state index in [0.717, 1.165) is 7.25 Å². The summed E-state index contributed by atoms with van der Waals surface area (Å²) in [6.07, 6.45) is 5.27. The summed E-state index contributed by atoms with van der Waals surface area (Å²) in [7, 11) is 0. The average molecular weight is 449 g/mol. The van der Waals surface area contributed by atoms with Gasteiger partial charge in [-0.1, -0.05) is 0 Å². The summed E-state index contributed by atoms with van der Waals surface area (Å²) in [5, 5.41) is 0. The minimum atomic E-state index is -2.21. The largest absolute Gasteiger partial charge is 1.00 e. The minimum absolute atomic E-state index is 0. The van der Waals surface area contributed by atoms with E-state index in [0.29, 0.717) is 0 Å². The van der Waals surface area contributed by atoms with Gasteiger partial charge in [-0.3, -0.25) is 0 Å². The molecule has 0 nitrogen and oxygen atoms in total. The average Bonchev–Trinajstić information content (AvgIpc) is 3.22. The summed E-state index contributed by atoms with van der Waals surface area (Å²) in [4.78, 5) is 0. The fourth-order valence-electron chi connectivity index (χ4n) is 5.02. The molecule has 3 aliphatic rings. The molecule has 0 spiro atoms. The molecule has 2 atom stereocenters. The van der Waals surface area contributed by atoms with Crippen molar-refractivity contribution in [3.63, 3.8) is 0 Å². The summed E-state index contributed by atoms with van der Waals surface area (Å²) in [5.41, 5.74) is 9.36. The molecular formula is C22H22Cl2Zr. The molecule has 0 amide bonds. The molecule has 3 heteroatoms. The van der Waals surface area contributed by atoms with Crippen LogP contribution in [-0.2, 0) is 20.3 Å². The van der Waals surface area contributed by atoms with Crippen LogP contribution >= 0.6 is 0 Å². The van der Waals surface area contributed by atoms with Crippen LogP contribution in [0.3, 0.4) is 0 Å². The van der Waals surface area contributed by atoms with Crippen molar-refractivity contribution in [3.05, 3.63) is 82.9 Å².